The number of pyridine rings is 2. The van der Waals surface area contributed by atoms with Crippen LogP contribution in [0.2, 0.25) is 0 Å². The molecule has 3 rings (SSSR count). The van der Waals surface area contributed by atoms with Crippen LogP contribution in [-0.2, 0) is 6.18 Å². The van der Waals surface area contributed by atoms with Gasteiger partial charge in [0, 0.05) is 43.1 Å². The maximum Gasteiger partial charge on any atom is 0.418 e. The highest BCUT2D eigenvalue weighted by molar-refractivity contribution is 6.09. The predicted octanol–water partition coefficient (Wildman–Crippen LogP) is 4.17. The van der Waals surface area contributed by atoms with E-state index in [1.54, 1.807) is 26.1 Å². The molecule has 2 aromatic heterocycles. The Morgan fingerprint density at radius 3 is 2.70 bits per heavy atom. The average Bonchev–Trinajstić information content (AvgIpc) is 2.68. The zero-order valence-corrected chi connectivity index (χ0v) is 17.7. The summed E-state index contributed by atoms with van der Waals surface area (Å²) in [5, 5.41) is 3.44. The predicted molar refractivity (Wildman–Crippen MR) is 110 cm³/mol. The second kappa shape index (κ2) is 8.71. The van der Waals surface area contributed by atoms with Gasteiger partial charge in [0.25, 0.3) is 0 Å². The molecule has 0 aliphatic carbocycles. The van der Waals surface area contributed by atoms with E-state index >= 15 is 0 Å². The number of nitrogens with zero attached hydrogens (tertiary/aromatic N) is 3. The molecule has 1 fully saturated rings. The summed E-state index contributed by atoms with van der Waals surface area (Å²) in [6, 6.07) is 4.11. The van der Waals surface area contributed by atoms with Crippen LogP contribution >= 0.6 is 0 Å². The van der Waals surface area contributed by atoms with Gasteiger partial charge < -0.3 is 10.2 Å². The van der Waals surface area contributed by atoms with Crippen LogP contribution in [0.25, 0.3) is 0 Å². The van der Waals surface area contributed by atoms with Crippen molar-refractivity contribution in [2.24, 2.45) is 5.92 Å². The number of aryl methyl sites for hydroxylation is 2. The normalized spacial score (nSPS) is 17.5. The number of halogens is 3. The summed E-state index contributed by atoms with van der Waals surface area (Å²) in [6.07, 6.45) is -2.14. The third kappa shape index (κ3) is 4.98. The number of carbonyl (C=O) groups is 1. The minimum absolute atomic E-state index is 0.142. The maximum absolute atomic E-state index is 13.7. The first kappa shape index (κ1) is 22.2. The number of hydrogen-bond acceptors (Lipinski definition) is 5. The van der Waals surface area contributed by atoms with Gasteiger partial charge in [0.1, 0.15) is 11.5 Å². The van der Waals surface area contributed by atoms with Crippen molar-refractivity contribution in [3.05, 3.63) is 52.5 Å². The van der Waals surface area contributed by atoms with E-state index in [1.807, 2.05) is 4.90 Å². The Morgan fingerprint density at radius 1 is 1.30 bits per heavy atom. The summed E-state index contributed by atoms with van der Waals surface area (Å²) in [4.78, 5) is 23.4. The smallest absolute Gasteiger partial charge is 0.354 e. The fourth-order valence-electron chi connectivity index (χ4n) is 3.78. The Bertz CT molecular complexity index is 927. The summed E-state index contributed by atoms with van der Waals surface area (Å²) in [6.45, 7) is 9.58. The number of nitrogens with one attached hydrogen (secondary N) is 1. The molecule has 2 aromatic rings. The van der Waals surface area contributed by atoms with Gasteiger partial charge in [-0.3, -0.25) is 9.78 Å². The number of alkyl halides is 3. The van der Waals surface area contributed by atoms with Crippen molar-refractivity contribution in [1.82, 2.24) is 15.3 Å². The highest BCUT2D eigenvalue weighted by Crippen LogP contribution is 2.34. The van der Waals surface area contributed by atoms with Gasteiger partial charge in [0.2, 0.25) is 5.78 Å². The lowest BCUT2D eigenvalue weighted by atomic mass is 10.0. The first-order valence-corrected chi connectivity index (χ1v) is 10.1. The van der Waals surface area contributed by atoms with Crippen LogP contribution in [0.3, 0.4) is 0 Å². The zero-order chi connectivity index (χ0) is 22.1. The van der Waals surface area contributed by atoms with E-state index in [2.05, 4.69) is 29.1 Å². The first-order valence-electron chi connectivity index (χ1n) is 10.1. The number of piperazine rings is 1. The largest absolute Gasteiger partial charge is 0.418 e. The molecule has 30 heavy (non-hydrogen) atoms. The summed E-state index contributed by atoms with van der Waals surface area (Å²) >= 11 is 0. The Labute approximate surface area is 174 Å². The molecule has 0 radical (unpaired) electrons. The van der Waals surface area contributed by atoms with E-state index in [4.69, 9.17) is 0 Å². The number of rotatable bonds is 5. The van der Waals surface area contributed by atoms with E-state index < -0.39 is 23.2 Å². The lowest BCUT2D eigenvalue weighted by Gasteiger charge is -2.35. The molecule has 1 N–H and O–H groups in total. The minimum atomic E-state index is -4.68. The highest BCUT2D eigenvalue weighted by atomic mass is 19.4. The summed E-state index contributed by atoms with van der Waals surface area (Å²) < 4.78 is 41.0. The van der Waals surface area contributed by atoms with Crippen molar-refractivity contribution >= 4 is 11.6 Å². The summed E-state index contributed by atoms with van der Waals surface area (Å²) in [5.74, 6) is 0.128. The van der Waals surface area contributed by atoms with E-state index in [-0.39, 0.29) is 11.6 Å². The van der Waals surface area contributed by atoms with E-state index in [1.165, 1.54) is 6.07 Å². The number of ketones is 1. The molecule has 162 valence electrons. The Hall–Kier alpha value is -2.48. The van der Waals surface area contributed by atoms with Crippen LogP contribution in [0.1, 0.15) is 53.1 Å². The summed E-state index contributed by atoms with van der Waals surface area (Å²) in [7, 11) is 0. The standard InChI is InChI=1S/C22H27F3N4O/c1-13(2)9-16-12-29(8-7-26-16)19-6-5-18(22(23,24)25)20(28-19)21(30)17-10-14(3)11-27-15(17)4/h5-6,10-11,13,16,26H,7-9,12H2,1-4H3/t16-/m0/s1. The van der Waals surface area contributed by atoms with Crippen LogP contribution in [0.5, 0.6) is 0 Å². The fraction of sp³-hybridized carbons (Fsp3) is 0.500. The molecule has 0 amide bonds. The number of carbonyl (C=O) groups excluding carboxylic acids is 1. The van der Waals surface area contributed by atoms with E-state index in [0.29, 0.717) is 42.6 Å². The topological polar surface area (TPSA) is 58.1 Å². The fourth-order valence-corrected chi connectivity index (χ4v) is 3.78. The van der Waals surface area contributed by atoms with E-state index in [0.717, 1.165) is 12.5 Å². The number of hydrogen-bond donors (Lipinski definition) is 1. The number of aromatic nitrogens is 2. The molecule has 0 bridgehead atoms. The molecule has 1 saturated heterocycles. The first-order chi connectivity index (χ1) is 14.1. The number of anilines is 1. The third-order valence-electron chi connectivity index (χ3n) is 5.20. The molecule has 8 heteroatoms. The molecule has 0 unspecified atom stereocenters. The molecule has 3 heterocycles. The van der Waals surface area contributed by atoms with Crippen LogP contribution < -0.4 is 10.2 Å². The molecule has 0 saturated carbocycles. The quantitative estimate of drug-likeness (QED) is 0.736. The zero-order valence-electron chi connectivity index (χ0n) is 17.7. The van der Waals surface area contributed by atoms with Crippen molar-refractivity contribution < 1.29 is 18.0 Å². The molecule has 1 aliphatic rings. The molecule has 5 nitrogen and oxygen atoms in total. The van der Waals surface area contributed by atoms with Gasteiger partial charge in [-0.15, -0.1) is 0 Å². The van der Waals surface area contributed by atoms with Gasteiger partial charge >= 0.3 is 6.18 Å². The van der Waals surface area contributed by atoms with Crippen molar-refractivity contribution in [1.29, 1.82) is 0 Å². The van der Waals surface area contributed by atoms with Crippen molar-refractivity contribution in [3.8, 4) is 0 Å². The Morgan fingerprint density at radius 2 is 2.03 bits per heavy atom. The minimum Gasteiger partial charge on any atom is -0.354 e. The van der Waals surface area contributed by atoms with Crippen molar-refractivity contribution in [2.75, 3.05) is 24.5 Å². The Balaban J connectivity index is 2.01. The lowest BCUT2D eigenvalue weighted by molar-refractivity contribution is -0.138. The van der Waals surface area contributed by atoms with Gasteiger partial charge in [-0.2, -0.15) is 13.2 Å². The average molecular weight is 420 g/mol. The molecule has 0 aromatic carbocycles. The molecule has 0 spiro atoms. The van der Waals surface area contributed by atoms with Gasteiger partial charge in [-0.05, 0) is 49.9 Å². The maximum atomic E-state index is 13.7. The van der Waals surface area contributed by atoms with Gasteiger partial charge in [0.15, 0.2) is 0 Å². The molecule has 1 aliphatic heterocycles. The van der Waals surface area contributed by atoms with Crippen LogP contribution in [-0.4, -0.2) is 41.4 Å². The van der Waals surface area contributed by atoms with Crippen LogP contribution in [0.4, 0.5) is 19.0 Å². The molecular formula is C22H27F3N4O. The molecular weight excluding hydrogens is 393 g/mol. The Kier molecular flexibility index (Phi) is 6.45. The lowest BCUT2D eigenvalue weighted by Crippen LogP contribution is -2.51. The van der Waals surface area contributed by atoms with Crippen LogP contribution in [0.15, 0.2) is 24.4 Å². The monoisotopic (exact) mass is 420 g/mol. The van der Waals surface area contributed by atoms with Gasteiger partial charge in [-0.1, -0.05) is 13.8 Å². The molecule has 1 atom stereocenters. The second-order valence-electron chi connectivity index (χ2n) is 8.26. The van der Waals surface area contributed by atoms with Crippen molar-refractivity contribution in [3.63, 3.8) is 0 Å². The summed E-state index contributed by atoms with van der Waals surface area (Å²) in [5.41, 5.74) is -0.374. The SMILES string of the molecule is Cc1cnc(C)c(C(=O)c2nc(N3CCN[C@@H](CC(C)C)C3)ccc2C(F)(F)F)c1. The van der Waals surface area contributed by atoms with Gasteiger partial charge in [-0.25, -0.2) is 4.98 Å². The second-order valence-corrected chi connectivity index (χ2v) is 8.26. The third-order valence-corrected chi connectivity index (χ3v) is 5.20. The van der Waals surface area contributed by atoms with E-state index in [9.17, 15) is 18.0 Å². The van der Waals surface area contributed by atoms with Gasteiger partial charge in [0.05, 0.1) is 5.56 Å². The highest BCUT2D eigenvalue weighted by Gasteiger charge is 2.37. The van der Waals surface area contributed by atoms with Crippen LogP contribution in [0, 0.1) is 19.8 Å². The van der Waals surface area contributed by atoms with Crippen molar-refractivity contribution in [2.45, 2.75) is 46.3 Å².